The van der Waals surface area contributed by atoms with Crippen molar-refractivity contribution in [2.45, 2.75) is 46.2 Å². The van der Waals surface area contributed by atoms with Gasteiger partial charge in [-0.2, -0.15) is 5.10 Å². The van der Waals surface area contributed by atoms with Crippen LogP contribution >= 0.6 is 0 Å². The molecule has 2 aromatic rings. The van der Waals surface area contributed by atoms with Gasteiger partial charge in [0.2, 0.25) is 0 Å². The maximum absolute atomic E-state index is 5.73. The number of hydrogen-bond acceptors (Lipinski definition) is 3. The second-order valence-electron chi connectivity index (χ2n) is 5.35. The quantitative estimate of drug-likeness (QED) is 0.626. The first kappa shape index (κ1) is 14.8. The Hall–Kier alpha value is -1.65. The van der Waals surface area contributed by atoms with Gasteiger partial charge in [0.05, 0.1) is 5.69 Å². The molecule has 0 amide bonds. The van der Waals surface area contributed by atoms with Gasteiger partial charge in [-0.3, -0.25) is 16.0 Å². The monoisotopic (exact) mass is 272 g/mol. The van der Waals surface area contributed by atoms with Gasteiger partial charge in [0.1, 0.15) is 0 Å². The third-order valence-corrected chi connectivity index (χ3v) is 3.54. The topological polar surface area (TPSA) is 55.9 Å². The molecule has 2 rings (SSSR count). The Labute approximate surface area is 121 Å². The Bertz CT molecular complexity index is 559. The molecule has 0 aliphatic heterocycles. The zero-order valence-electron chi connectivity index (χ0n) is 12.6. The number of nitrogens with one attached hydrogen (secondary N) is 1. The summed E-state index contributed by atoms with van der Waals surface area (Å²) in [4.78, 5) is 0. The Morgan fingerprint density at radius 1 is 1.25 bits per heavy atom. The summed E-state index contributed by atoms with van der Waals surface area (Å²) in [5.74, 6) is 5.73. The molecule has 0 saturated heterocycles. The zero-order chi connectivity index (χ0) is 14.5. The molecular formula is C16H24N4. The molecule has 4 nitrogen and oxygen atoms in total. The van der Waals surface area contributed by atoms with Gasteiger partial charge in [-0.25, -0.2) is 0 Å². The third kappa shape index (κ3) is 3.68. The second kappa shape index (κ2) is 6.68. The summed E-state index contributed by atoms with van der Waals surface area (Å²) in [6.07, 6.45) is 1.81. The van der Waals surface area contributed by atoms with Gasteiger partial charge in [-0.1, -0.05) is 29.8 Å². The Kier molecular flexibility index (Phi) is 4.93. The van der Waals surface area contributed by atoms with E-state index in [0.29, 0.717) is 0 Å². The van der Waals surface area contributed by atoms with Crippen molar-refractivity contribution in [2.75, 3.05) is 0 Å². The van der Waals surface area contributed by atoms with Crippen molar-refractivity contribution in [3.05, 3.63) is 52.8 Å². The molecular weight excluding hydrogens is 248 g/mol. The van der Waals surface area contributed by atoms with Gasteiger partial charge in [-0.15, -0.1) is 0 Å². The Balaban J connectivity index is 2.08. The van der Waals surface area contributed by atoms with Crippen LogP contribution in [-0.4, -0.2) is 15.8 Å². The van der Waals surface area contributed by atoms with E-state index in [1.54, 1.807) is 0 Å². The second-order valence-corrected chi connectivity index (χ2v) is 5.35. The van der Waals surface area contributed by atoms with Crippen LogP contribution in [0, 0.1) is 13.8 Å². The van der Waals surface area contributed by atoms with Crippen LogP contribution in [0.2, 0.25) is 0 Å². The number of nitrogens with two attached hydrogens (primary N) is 1. The Morgan fingerprint density at radius 3 is 2.70 bits per heavy atom. The number of hydrazine groups is 1. The lowest BCUT2D eigenvalue weighted by molar-refractivity contribution is 0.496. The van der Waals surface area contributed by atoms with Crippen LogP contribution in [0.5, 0.6) is 0 Å². The lowest BCUT2D eigenvalue weighted by atomic mass is 10.0. The standard InChI is InChI=1S/C16H24N4/c1-4-20-16(9-13(3)19-20)11-15(18-17)10-14-7-5-6-12(2)8-14/h5-9,15,18H,4,10-11,17H2,1-3H3. The largest absolute Gasteiger partial charge is 0.271 e. The van der Waals surface area contributed by atoms with Crippen molar-refractivity contribution in [3.63, 3.8) is 0 Å². The van der Waals surface area contributed by atoms with Gasteiger partial charge in [0.15, 0.2) is 0 Å². The van der Waals surface area contributed by atoms with Gasteiger partial charge in [0, 0.05) is 24.7 Å². The molecule has 1 heterocycles. The summed E-state index contributed by atoms with van der Waals surface area (Å²) < 4.78 is 2.05. The number of benzene rings is 1. The molecule has 0 bridgehead atoms. The van der Waals surface area contributed by atoms with Crippen LogP contribution in [0.25, 0.3) is 0 Å². The van der Waals surface area contributed by atoms with Crippen molar-refractivity contribution in [1.82, 2.24) is 15.2 Å². The van der Waals surface area contributed by atoms with E-state index in [9.17, 15) is 0 Å². The van der Waals surface area contributed by atoms with E-state index in [-0.39, 0.29) is 6.04 Å². The van der Waals surface area contributed by atoms with E-state index < -0.39 is 0 Å². The number of aryl methyl sites for hydroxylation is 3. The zero-order valence-corrected chi connectivity index (χ0v) is 12.6. The first-order valence-corrected chi connectivity index (χ1v) is 7.17. The number of nitrogens with zero attached hydrogens (tertiary/aromatic N) is 2. The lowest BCUT2D eigenvalue weighted by Crippen LogP contribution is -2.39. The van der Waals surface area contributed by atoms with E-state index in [0.717, 1.165) is 25.1 Å². The van der Waals surface area contributed by atoms with Crippen LogP contribution in [-0.2, 0) is 19.4 Å². The molecule has 0 radical (unpaired) electrons. The minimum Gasteiger partial charge on any atom is -0.271 e. The van der Waals surface area contributed by atoms with Crippen LogP contribution in [0.3, 0.4) is 0 Å². The molecule has 0 aliphatic carbocycles. The predicted molar refractivity (Wildman–Crippen MR) is 82.3 cm³/mol. The van der Waals surface area contributed by atoms with Crippen LogP contribution < -0.4 is 11.3 Å². The molecule has 1 aromatic carbocycles. The maximum Gasteiger partial charge on any atom is 0.0596 e. The number of aromatic nitrogens is 2. The van der Waals surface area contributed by atoms with Crippen molar-refractivity contribution in [2.24, 2.45) is 5.84 Å². The highest BCUT2D eigenvalue weighted by atomic mass is 15.3. The van der Waals surface area contributed by atoms with Crippen molar-refractivity contribution >= 4 is 0 Å². The fourth-order valence-corrected chi connectivity index (χ4v) is 2.60. The molecule has 4 heteroatoms. The molecule has 0 spiro atoms. The SMILES string of the molecule is CCn1nc(C)cc1CC(Cc1cccc(C)c1)NN. The molecule has 1 atom stereocenters. The first-order chi connectivity index (χ1) is 9.62. The summed E-state index contributed by atoms with van der Waals surface area (Å²) >= 11 is 0. The van der Waals surface area contributed by atoms with Gasteiger partial charge in [-0.05, 0) is 38.8 Å². The molecule has 3 N–H and O–H groups in total. The summed E-state index contributed by atoms with van der Waals surface area (Å²) in [5, 5.41) is 4.49. The smallest absolute Gasteiger partial charge is 0.0596 e. The summed E-state index contributed by atoms with van der Waals surface area (Å²) in [6, 6.07) is 10.9. The number of rotatable bonds is 6. The van der Waals surface area contributed by atoms with Gasteiger partial charge in [0.25, 0.3) is 0 Å². The molecule has 1 aromatic heterocycles. The van der Waals surface area contributed by atoms with Crippen molar-refractivity contribution in [1.29, 1.82) is 0 Å². The van der Waals surface area contributed by atoms with Crippen molar-refractivity contribution < 1.29 is 0 Å². The molecule has 108 valence electrons. The van der Waals surface area contributed by atoms with Gasteiger partial charge >= 0.3 is 0 Å². The number of hydrogen-bond donors (Lipinski definition) is 2. The minimum absolute atomic E-state index is 0.221. The fraction of sp³-hybridized carbons (Fsp3) is 0.438. The van der Waals surface area contributed by atoms with Crippen LogP contribution in [0.4, 0.5) is 0 Å². The fourth-order valence-electron chi connectivity index (χ4n) is 2.60. The normalized spacial score (nSPS) is 12.6. The van der Waals surface area contributed by atoms with E-state index in [4.69, 9.17) is 5.84 Å². The summed E-state index contributed by atoms with van der Waals surface area (Å²) in [6.45, 7) is 7.15. The molecule has 1 unspecified atom stereocenters. The predicted octanol–water partition coefficient (Wildman–Crippen LogP) is 2.14. The van der Waals surface area contributed by atoms with Crippen LogP contribution in [0.15, 0.2) is 30.3 Å². The lowest BCUT2D eigenvalue weighted by Gasteiger charge is -2.16. The molecule has 20 heavy (non-hydrogen) atoms. The molecule has 0 saturated carbocycles. The van der Waals surface area contributed by atoms with Crippen LogP contribution in [0.1, 0.15) is 29.4 Å². The van der Waals surface area contributed by atoms with E-state index in [2.05, 4.69) is 59.4 Å². The summed E-state index contributed by atoms with van der Waals surface area (Å²) in [7, 11) is 0. The maximum atomic E-state index is 5.73. The van der Waals surface area contributed by atoms with Crippen molar-refractivity contribution in [3.8, 4) is 0 Å². The highest BCUT2D eigenvalue weighted by molar-refractivity contribution is 5.23. The third-order valence-electron chi connectivity index (χ3n) is 3.54. The molecule has 0 fully saturated rings. The Morgan fingerprint density at radius 2 is 2.05 bits per heavy atom. The average molecular weight is 272 g/mol. The highest BCUT2D eigenvalue weighted by Gasteiger charge is 2.13. The van der Waals surface area contributed by atoms with E-state index in [1.807, 2.05) is 6.92 Å². The van der Waals surface area contributed by atoms with Gasteiger partial charge < -0.3 is 0 Å². The molecule has 0 aliphatic rings. The highest BCUT2D eigenvalue weighted by Crippen LogP contribution is 2.12. The first-order valence-electron chi connectivity index (χ1n) is 7.17. The minimum atomic E-state index is 0.221. The van der Waals surface area contributed by atoms with E-state index in [1.165, 1.54) is 16.8 Å². The average Bonchev–Trinajstić information content (AvgIpc) is 2.78. The van der Waals surface area contributed by atoms with E-state index >= 15 is 0 Å². The summed E-state index contributed by atoms with van der Waals surface area (Å²) in [5.41, 5.74) is 7.83.